The van der Waals surface area contributed by atoms with E-state index >= 15 is 0 Å². The largest absolute Gasteiger partial charge is 0.539 e. The number of amides is 2. The molecule has 0 saturated carbocycles. The third-order valence-corrected chi connectivity index (χ3v) is 4.94. The molecule has 1 aromatic carbocycles. The third kappa shape index (κ3) is 3.75. The van der Waals surface area contributed by atoms with Crippen LogP contribution in [0.1, 0.15) is 17.7 Å². The standard InChI is InChI=1S/C17H19N5O4S/c1-10-4-6-11(7-5-10)18-14(23)8-12-15(24)20(2)17(27)22(12)9-13-16(25)26-19-21(13)3/h4-7,12H,8-9H2,1-3H3,(H-,18,19,23,25). The summed E-state index contributed by atoms with van der Waals surface area (Å²) in [5, 5.41) is 18.4. The van der Waals surface area contributed by atoms with Gasteiger partial charge < -0.3 is 19.8 Å². The molecule has 0 aliphatic carbocycles. The maximum atomic E-state index is 12.5. The Morgan fingerprint density at radius 2 is 2.07 bits per heavy atom. The molecule has 2 amide bonds. The van der Waals surface area contributed by atoms with E-state index in [9.17, 15) is 14.7 Å². The molecule has 1 fully saturated rings. The van der Waals surface area contributed by atoms with Gasteiger partial charge in [-0.2, -0.15) is 0 Å². The molecule has 2 heterocycles. The predicted octanol–water partition coefficient (Wildman–Crippen LogP) is -0.163. The molecule has 0 radical (unpaired) electrons. The highest BCUT2D eigenvalue weighted by Crippen LogP contribution is 2.23. The number of aryl methyl sites for hydroxylation is 2. The zero-order valence-corrected chi connectivity index (χ0v) is 15.9. The number of anilines is 1. The normalized spacial score (nSPS) is 16.9. The van der Waals surface area contributed by atoms with Crippen molar-refractivity contribution in [3.8, 4) is 5.95 Å². The smallest absolute Gasteiger partial charge is 0.252 e. The van der Waals surface area contributed by atoms with Crippen molar-refractivity contribution in [3.63, 3.8) is 0 Å². The van der Waals surface area contributed by atoms with E-state index in [0.29, 0.717) is 5.69 Å². The van der Waals surface area contributed by atoms with Gasteiger partial charge in [-0.05, 0) is 31.3 Å². The second-order valence-corrected chi connectivity index (χ2v) is 6.74. The van der Waals surface area contributed by atoms with Crippen molar-refractivity contribution in [2.45, 2.75) is 25.9 Å². The van der Waals surface area contributed by atoms with Gasteiger partial charge in [0.05, 0.1) is 11.7 Å². The summed E-state index contributed by atoms with van der Waals surface area (Å²) in [7, 11) is 3.10. The summed E-state index contributed by atoms with van der Waals surface area (Å²) >= 11 is 5.31. The second kappa shape index (κ2) is 7.31. The number of benzene rings is 1. The van der Waals surface area contributed by atoms with Crippen LogP contribution in [0.3, 0.4) is 0 Å². The van der Waals surface area contributed by atoms with Crippen molar-refractivity contribution in [1.29, 1.82) is 0 Å². The first-order valence-electron chi connectivity index (χ1n) is 8.24. The lowest BCUT2D eigenvalue weighted by Gasteiger charge is -2.21. The number of nitrogens with zero attached hydrogens (tertiary/aromatic N) is 4. The number of likely N-dealkylation sites (N-methyl/N-ethyl adjacent to an activating group) is 1. The number of carbonyl (C=O) groups is 2. The van der Waals surface area contributed by atoms with Crippen LogP contribution in [0.2, 0.25) is 0 Å². The van der Waals surface area contributed by atoms with Crippen LogP contribution in [0.5, 0.6) is 5.95 Å². The highest BCUT2D eigenvalue weighted by atomic mass is 32.1. The van der Waals surface area contributed by atoms with Crippen molar-refractivity contribution in [2.24, 2.45) is 7.05 Å². The lowest BCUT2D eigenvalue weighted by atomic mass is 10.1. The maximum Gasteiger partial charge on any atom is 0.252 e. The van der Waals surface area contributed by atoms with Gasteiger partial charge >= 0.3 is 0 Å². The minimum absolute atomic E-state index is 0.0240. The Labute approximate surface area is 161 Å². The first-order chi connectivity index (χ1) is 12.8. The molecule has 1 aliphatic rings. The molecule has 1 saturated heterocycles. The minimum atomic E-state index is -0.803. The zero-order chi connectivity index (χ0) is 19.7. The number of nitrogens with one attached hydrogen (secondary N) is 1. The molecule has 2 aromatic rings. The average molecular weight is 389 g/mol. The number of hydrogen-bond acceptors (Lipinski definition) is 6. The van der Waals surface area contributed by atoms with Gasteiger partial charge in [-0.3, -0.25) is 14.5 Å². The summed E-state index contributed by atoms with van der Waals surface area (Å²) in [6.45, 7) is 1.97. The van der Waals surface area contributed by atoms with Crippen LogP contribution >= 0.6 is 12.2 Å². The average Bonchev–Trinajstić information content (AvgIpc) is 3.04. The molecule has 27 heavy (non-hydrogen) atoms. The minimum Gasteiger partial charge on any atom is -0.539 e. The molecular formula is C17H19N5O4S. The molecule has 10 heteroatoms. The van der Waals surface area contributed by atoms with Gasteiger partial charge in [0.15, 0.2) is 18.1 Å². The Hall–Kier alpha value is -3.01. The Balaban J connectivity index is 1.76. The van der Waals surface area contributed by atoms with Gasteiger partial charge in [-0.1, -0.05) is 22.4 Å². The number of carbonyl (C=O) groups excluding carboxylic acids is 2. The molecule has 1 N–H and O–H groups in total. The lowest BCUT2D eigenvalue weighted by Crippen LogP contribution is -2.42. The van der Waals surface area contributed by atoms with Crippen LogP contribution in [-0.2, 0) is 23.2 Å². The summed E-state index contributed by atoms with van der Waals surface area (Å²) in [5.41, 5.74) is 1.96. The van der Waals surface area contributed by atoms with Crippen molar-refractivity contribution in [3.05, 3.63) is 35.5 Å². The number of rotatable bonds is 5. The fourth-order valence-corrected chi connectivity index (χ4v) is 3.12. The van der Waals surface area contributed by atoms with Crippen LogP contribution in [0.4, 0.5) is 5.69 Å². The summed E-state index contributed by atoms with van der Waals surface area (Å²) in [6.07, 6.45) is -0.0969. The van der Waals surface area contributed by atoms with Gasteiger partial charge in [0, 0.05) is 12.7 Å². The van der Waals surface area contributed by atoms with E-state index in [2.05, 4.69) is 15.1 Å². The Kier molecular flexibility index (Phi) is 5.08. The number of aromatic nitrogens is 2. The SMILES string of the molecule is Cc1ccc(NC(=O)CC2C(=O)N(C)C(=S)N2Cc2c([O-])on[n+]2C)cc1. The molecule has 1 aromatic heterocycles. The van der Waals surface area contributed by atoms with Crippen LogP contribution in [0.25, 0.3) is 0 Å². The van der Waals surface area contributed by atoms with Crippen molar-refractivity contribution < 1.29 is 23.9 Å². The Bertz CT molecular complexity index is 876. The highest BCUT2D eigenvalue weighted by Gasteiger charge is 2.42. The predicted molar refractivity (Wildman–Crippen MR) is 96.2 cm³/mol. The second-order valence-electron chi connectivity index (χ2n) is 6.37. The fourth-order valence-electron chi connectivity index (χ4n) is 2.84. The number of hydrogen-bond donors (Lipinski definition) is 1. The highest BCUT2D eigenvalue weighted by molar-refractivity contribution is 7.80. The van der Waals surface area contributed by atoms with Crippen molar-refractivity contribution >= 4 is 34.8 Å². The van der Waals surface area contributed by atoms with Crippen LogP contribution in [0, 0.1) is 6.92 Å². The Morgan fingerprint density at radius 1 is 1.41 bits per heavy atom. The third-order valence-electron chi connectivity index (χ3n) is 4.43. The molecule has 9 nitrogen and oxygen atoms in total. The van der Waals surface area contributed by atoms with Crippen molar-refractivity contribution in [1.82, 2.24) is 15.1 Å². The van der Waals surface area contributed by atoms with Gasteiger partial charge in [0.2, 0.25) is 5.91 Å². The monoisotopic (exact) mass is 389 g/mol. The van der Waals surface area contributed by atoms with E-state index in [1.54, 1.807) is 31.1 Å². The molecular weight excluding hydrogens is 370 g/mol. The Morgan fingerprint density at radius 3 is 2.67 bits per heavy atom. The maximum absolute atomic E-state index is 12.5. The van der Waals surface area contributed by atoms with Crippen LogP contribution in [0.15, 0.2) is 28.8 Å². The molecule has 1 atom stereocenters. The van der Waals surface area contributed by atoms with E-state index < -0.39 is 12.0 Å². The first kappa shape index (κ1) is 18.8. The van der Waals surface area contributed by atoms with E-state index in [1.807, 2.05) is 19.1 Å². The van der Waals surface area contributed by atoms with Gasteiger partial charge in [0.1, 0.15) is 12.6 Å². The first-order valence-corrected chi connectivity index (χ1v) is 8.65. The quantitative estimate of drug-likeness (QED) is 0.559. The van der Waals surface area contributed by atoms with Crippen LogP contribution < -0.4 is 15.1 Å². The molecule has 3 rings (SSSR count). The topological polar surface area (TPSA) is 106 Å². The molecule has 0 spiro atoms. The fraction of sp³-hybridized carbons (Fsp3) is 0.353. The summed E-state index contributed by atoms with van der Waals surface area (Å²) in [4.78, 5) is 27.8. The van der Waals surface area contributed by atoms with Crippen LogP contribution in [-0.4, -0.2) is 45.1 Å². The molecule has 142 valence electrons. The summed E-state index contributed by atoms with van der Waals surface area (Å²) in [6, 6.07) is 6.54. The number of thiocarbonyl (C=S) groups is 1. The van der Waals surface area contributed by atoms with E-state index in [4.69, 9.17) is 12.2 Å². The lowest BCUT2D eigenvalue weighted by molar-refractivity contribution is -0.746. The van der Waals surface area contributed by atoms with Crippen molar-refractivity contribution in [2.75, 3.05) is 12.4 Å². The van der Waals surface area contributed by atoms with Gasteiger partial charge in [-0.25, -0.2) is 0 Å². The molecule has 0 bridgehead atoms. The zero-order valence-electron chi connectivity index (χ0n) is 15.1. The van der Waals surface area contributed by atoms with E-state index in [0.717, 1.165) is 5.56 Å². The van der Waals surface area contributed by atoms with Gasteiger partial charge in [-0.15, -0.1) is 0 Å². The summed E-state index contributed by atoms with van der Waals surface area (Å²) < 4.78 is 5.90. The van der Waals surface area contributed by atoms with Gasteiger partial charge in [0.25, 0.3) is 11.6 Å². The molecule has 1 aliphatic heterocycles. The van der Waals surface area contributed by atoms with E-state index in [1.165, 1.54) is 9.58 Å². The molecule has 1 unspecified atom stereocenters. The summed E-state index contributed by atoms with van der Waals surface area (Å²) in [5.74, 6) is -1.23. The van der Waals surface area contributed by atoms with E-state index in [-0.39, 0.29) is 35.6 Å².